The average Bonchev–Trinajstić information content (AvgIpc) is 3.59. The summed E-state index contributed by atoms with van der Waals surface area (Å²) in [4.78, 5) is 2.33. The van der Waals surface area contributed by atoms with E-state index in [1.54, 1.807) is 0 Å². The van der Waals surface area contributed by atoms with E-state index in [1.165, 1.54) is 18.4 Å². The first-order valence-corrected chi connectivity index (χ1v) is 12.3. The van der Waals surface area contributed by atoms with Gasteiger partial charge in [-0.1, -0.05) is 35.9 Å². The lowest BCUT2D eigenvalue weighted by Gasteiger charge is -2.26. The van der Waals surface area contributed by atoms with Gasteiger partial charge in [-0.2, -0.15) is 5.10 Å². The number of para-hydroxylation sites is 1. The lowest BCUT2D eigenvalue weighted by atomic mass is 10.2. The van der Waals surface area contributed by atoms with E-state index < -0.39 is 6.10 Å². The molecular weight excluding hydrogens is 426 g/mol. The fraction of sp³-hybridized carbons (Fsp3) is 0.464. The lowest BCUT2D eigenvalue weighted by Crippen LogP contribution is -2.36. The molecule has 1 aromatic heterocycles. The number of benzene rings is 2. The Balaban J connectivity index is 1.62. The van der Waals surface area contributed by atoms with Gasteiger partial charge in [-0.15, -0.1) is 0 Å². The number of aromatic nitrogens is 2. The van der Waals surface area contributed by atoms with Crippen molar-refractivity contribution in [2.24, 2.45) is 5.92 Å². The van der Waals surface area contributed by atoms with E-state index in [0.29, 0.717) is 25.6 Å². The Morgan fingerprint density at radius 1 is 1.06 bits per heavy atom. The van der Waals surface area contributed by atoms with Crippen molar-refractivity contribution in [3.63, 3.8) is 0 Å². The van der Waals surface area contributed by atoms with E-state index in [0.717, 1.165) is 35.1 Å². The molecule has 0 radical (unpaired) electrons. The zero-order valence-electron chi connectivity index (χ0n) is 20.8. The summed E-state index contributed by atoms with van der Waals surface area (Å²) in [7, 11) is 0. The van der Waals surface area contributed by atoms with Crippen LogP contribution in [0.5, 0.6) is 11.6 Å². The molecule has 34 heavy (non-hydrogen) atoms. The van der Waals surface area contributed by atoms with Crippen LogP contribution in [0.4, 0.5) is 0 Å². The van der Waals surface area contributed by atoms with Crippen LogP contribution in [0.1, 0.15) is 43.5 Å². The van der Waals surface area contributed by atoms with Gasteiger partial charge in [0.15, 0.2) is 0 Å². The highest BCUT2D eigenvalue weighted by atomic mass is 16.5. The van der Waals surface area contributed by atoms with Crippen LogP contribution in [0.2, 0.25) is 0 Å². The Labute approximate surface area is 203 Å². The molecule has 3 aromatic rings. The number of aryl methyl sites for hydroxylation is 2. The summed E-state index contributed by atoms with van der Waals surface area (Å²) in [6, 6.07) is 18.2. The van der Waals surface area contributed by atoms with Crippen molar-refractivity contribution in [2.45, 2.75) is 59.3 Å². The minimum Gasteiger partial charge on any atom is -0.439 e. The summed E-state index contributed by atoms with van der Waals surface area (Å²) < 4.78 is 14.0. The molecule has 1 saturated carbocycles. The number of nitrogens with zero attached hydrogens (tertiary/aromatic N) is 3. The lowest BCUT2D eigenvalue weighted by molar-refractivity contribution is -0.0101. The maximum absolute atomic E-state index is 10.6. The molecule has 6 nitrogen and oxygen atoms in total. The van der Waals surface area contributed by atoms with Gasteiger partial charge in [0.25, 0.3) is 0 Å². The van der Waals surface area contributed by atoms with Crippen molar-refractivity contribution in [1.82, 2.24) is 14.7 Å². The molecule has 1 N–H and O–H groups in total. The van der Waals surface area contributed by atoms with Gasteiger partial charge in [-0.3, -0.25) is 4.90 Å². The minimum absolute atomic E-state index is 0.104. The molecule has 0 unspecified atom stereocenters. The highest BCUT2D eigenvalue weighted by Crippen LogP contribution is 2.34. The molecule has 1 aliphatic carbocycles. The molecule has 1 atom stereocenters. The summed E-state index contributed by atoms with van der Waals surface area (Å²) in [6.07, 6.45) is 2.08. The Morgan fingerprint density at radius 2 is 1.76 bits per heavy atom. The van der Waals surface area contributed by atoms with Crippen LogP contribution in [0, 0.1) is 19.8 Å². The molecule has 2 aromatic carbocycles. The predicted octanol–water partition coefficient (Wildman–Crippen LogP) is 5.28. The second-order valence-corrected chi connectivity index (χ2v) is 9.70. The quantitative estimate of drug-likeness (QED) is 0.396. The Morgan fingerprint density at radius 3 is 2.41 bits per heavy atom. The zero-order chi connectivity index (χ0) is 24.1. The number of aliphatic hydroxyl groups excluding tert-OH is 1. The molecule has 0 bridgehead atoms. The largest absolute Gasteiger partial charge is 0.439 e. The van der Waals surface area contributed by atoms with Crippen LogP contribution >= 0.6 is 0 Å². The third kappa shape index (κ3) is 6.69. The van der Waals surface area contributed by atoms with Gasteiger partial charge in [0.2, 0.25) is 5.88 Å². The number of aliphatic hydroxyl groups is 1. The molecule has 1 aliphatic rings. The standard InChI is InChI=1S/C28H37N3O3/c1-20(2)33-19-25(32)17-30(16-23-12-13-23)18-27-22(4)29-31(24-8-6-5-7-9-24)28(27)34-26-14-10-21(3)11-15-26/h5-11,14-15,20,23,25,32H,12-13,16-19H2,1-4H3/t25-/m0/s1. The number of hydrogen-bond donors (Lipinski definition) is 1. The molecule has 0 aliphatic heterocycles. The van der Waals surface area contributed by atoms with Crippen LogP contribution in [0.25, 0.3) is 5.69 Å². The molecule has 6 heteroatoms. The van der Waals surface area contributed by atoms with Gasteiger partial charge in [-0.25, -0.2) is 4.68 Å². The van der Waals surface area contributed by atoms with Crippen molar-refractivity contribution >= 4 is 0 Å². The Hall–Kier alpha value is -2.67. The SMILES string of the molecule is Cc1ccc(Oc2c(CN(CC3CC3)C[C@H](O)COC(C)C)c(C)nn2-c2ccccc2)cc1. The molecule has 182 valence electrons. The third-order valence-electron chi connectivity index (χ3n) is 6.06. The van der Waals surface area contributed by atoms with Crippen molar-refractivity contribution in [3.8, 4) is 17.3 Å². The van der Waals surface area contributed by atoms with Crippen LogP contribution in [-0.4, -0.2) is 51.7 Å². The summed E-state index contributed by atoms with van der Waals surface area (Å²) in [5, 5.41) is 15.5. The van der Waals surface area contributed by atoms with Crippen LogP contribution in [0.3, 0.4) is 0 Å². The number of ether oxygens (including phenoxy) is 2. The van der Waals surface area contributed by atoms with Crippen molar-refractivity contribution in [2.75, 3.05) is 19.7 Å². The maximum atomic E-state index is 10.6. The van der Waals surface area contributed by atoms with Gasteiger partial charge >= 0.3 is 0 Å². The number of hydrogen-bond acceptors (Lipinski definition) is 5. The van der Waals surface area contributed by atoms with Crippen LogP contribution < -0.4 is 4.74 Å². The average molecular weight is 464 g/mol. The molecule has 1 heterocycles. The van der Waals surface area contributed by atoms with Crippen LogP contribution in [-0.2, 0) is 11.3 Å². The van der Waals surface area contributed by atoms with Gasteiger partial charge in [0, 0.05) is 19.6 Å². The van der Waals surface area contributed by atoms with Gasteiger partial charge in [-0.05, 0) is 70.7 Å². The van der Waals surface area contributed by atoms with Crippen molar-refractivity contribution in [1.29, 1.82) is 0 Å². The topological polar surface area (TPSA) is 59.8 Å². The highest BCUT2D eigenvalue weighted by Gasteiger charge is 2.28. The molecular formula is C28H37N3O3. The summed E-state index contributed by atoms with van der Waals surface area (Å²) in [5.41, 5.74) is 4.12. The smallest absolute Gasteiger partial charge is 0.227 e. The highest BCUT2D eigenvalue weighted by molar-refractivity contribution is 5.43. The fourth-order valence-electron chi connectivity index (χ4n) is 4.03. The van der Waals surface area contributed by atoms with E-state index in [1.807, 2.05) is 67.9 Å². The minimum atomic E-state index is -0.535. The zero-order valence-corrected chi connectivity index (χ0v) is 20.8. The fourth-order valence-corrected chi connectivity index (χ4v) is 4.03. The molecule has 1 fully saturated rings. The maximum Gasteiger partial charge on any atom is 0.227 e. The monoisotopic (exact) mass is 463 g/mol. The van der Waals surface area contributed by atoms with Gasteiger partial charge in [0.05, 0.1) is 35.8 Å². The van der Waals surface area contributed by atoms with E-state index in [4.69, 9.17) is 14.6 Å². The van der Waals surface area contributed by atoms with Crippen molar-refractivity contribution in [3.05, 3.63) is 71.4 Å². The summed E-state index contributed by atoms with van der Waals surface area (Å²) >= 11 is 0. The first-order chi connectivity index (χ1) is 16.4. The third-order valence-corrected chi connectivity index (χ3v) is 6.06. The predicted molar refractivity (Wildman–Crippen MR) is 135 cm³/mol. The molecule has 0 saturated heterocycles. The number of rotatable bonds is 12. The molecule has 4 rings (SSSR count). The first-order valence-electron chi connectivity index (χ1n) is 12.3. The Bertz CT molecular complexity index is 1040. The van der Waals surface area contributed by atoms with E-state index in [9.17, 15) is 5.11 Å². The van der Waals surface area contributed by atoms with E-state index in [2.05, 4.69) is 24.0 Å². The molecule has 0 amide bonds. The normalized spacial score (nSPS) is 14.7. The van der Waals surface area contributed by atoms with E-state index >= 15 is 0 Å². The van der Waals surface area contributed by atoms with Gasteiger partial charge in [0.1, 0.15) is 5.75 Å². The second-order valence-electron chi connectivity index (χ2n) is 9.70. The first kappa shape index (κ1) is 24.5. The Kier molecular flexibility index (Phi) is 8.03. The molecule has 0 spiro atoms. The summed E-state index contributed by atoms with van der Waals surface area (Å²) in [5.74, 6) is 2.20. The van der Waals surface area contributed by atoms with Gasteiger partial charge < -0.3 is 14.6 Å². The van der Waals surface area contributed by atoms with E-state index in [-0.39, 0.29) is 6.10 Å². The second kappa shape index (κ2) is 11.2. The van der Waals surface area contributed by atoms with Crippen molar-refractivity contribution < 1.29 is 14.6 Å². The van der Waals surface area contributed by atoms with Crippen LogP contribution in [0.15, 0.2) is 54.6 Å². The summed E-state index contributed by atoms with van der Waals surface area (Å²) in [6.45, 7) is 10.6.